The number of hydrogen-bond donors (Lipinski definition) is 1. The molecule has 0 saturated heterocycles. The first-order valence-corrected chi connectivity index (χ1v) is 9.00. The molecule has 0 aliphatic heterocycles. The maximum Gasteiger partial charge on any atom is 0.187 e. The molecule has 0 unspecified atom stereocenters. The molecule has 0 aliphatic rings. The van der Waals surface area contributed by atoms with E-state index in [0.29, 0.717) is 11.0 Å². The topological polar surface area (TPSA) is 73.4 Å². The molecule has 0 atom stereocenters. The molecule has 2 N–H and O–H groups in total. The van der Waals surface area contributed by atoms with E-state index in [1.54, 1.807) is 13.3 Å². The Morgan fingerprint density at radius 1 is 1.30 bits per heavy atom. The fourth-order valence-electron chi connectivity index (χ4n) is 1.96. The van der Waals surface area contributed by atoms with Crippen LogP contribution in [-0.4, -0.2) is 35.9 Å². The van der Waals surface area contributed by atoms with Gasteiger partial charge in [0.15, 0.2) is 5.16 Å². The van der Waals surface area contributed by atoms with Crippen LogP contribution in [0.5, 0.6) is 5.75 Å². The van der Waals surface area contributed by atoms with Gasteiger partial charge in [-0.25, -0.2) is 9.97 Å². The molecule has 120 valence electrons. The normalized spacial score (nSPS) is 11.8. The van der Waals surface area contributed by atoms with Gasteiger partial charge in [0.25, 0.3) is 0 Å². The lowest BCUT2D eigenvalue weighted by atomic mass is 10.1. The van der Waals surface area contributed by atoms with Crippen molar-refractivity contribution in [3.05, 3.63) is 47.8 Å². The average Bonchev–Trinajstić information content (AvgIpc) is 2.62. The van der Waals surface area contributed by atoms with E-state index in [1.807, 2.05) is 36.6 Å². The second-order valence-corrected chi connectivity index (χ2v) is 6.11. The number of aromatic nitrogens is 2. The summed E-state index contributed by atoms with van der Waals surface area (Å²) in [6, 6.07) is 9.51. The Hall–Kier alpha value is -1.83. The van der Waals surface area contributed by atoms with Crippen molar-refractivity contribution in [1.82, 2.24) is 9.97 Å². The summed E-state index contributed by atoms with van der Waals surface area (Å²) in [6.07, 6.45) is 3.68. The Kier molecular flexibility index (Phi) is 6.64. The summed E-state index contributed by atoms with van der Waals surface area (Å²) in [7, 11) is 1.64. The molecule has 0 spiro atoms. The van der Waals surface area contributed by atoms with E-state index in [4.69, 9.17) is 10.5 Å². The standard InChI is InChI=1S/C16H18N4OS2/c1-18-14(11-4-6-12(21-2)7-5-11)15(23-10-17)13-8-9-19-16(20-13)22-3/h4-9H,1,10,17H2,2-3H3/b15-14-. The number of thioether (sulfide) groups is 2. The highest BCUT2D eigenvalue weighted by Gasteiger charge is 2.13. The minimum Gasteiger partial charge on any atom is -0.497 e. The first-order chi connectivity index (χ1) is 11.2. The van der Waals surface area contributed by atoms with Crippen LogP contribution in [0.15, 0.2) is 46.7 Å². The van der Waals surface area contributed by atoms with Crippen LogP contribution in [0.2, 0.25) is 0 Å². The first kappa shape index (κ1) is 17.5. The summed E-state index contributed by atoms with van der Waals surface area (Å²) in [5.74, 6) is 1.21. The van der Waals surface area contributed by atoms with Crippen LogP contribution in [0.1, 0.15) is 11.3 Å². The molecule has 0 saturated carbocycles. The molecule has 7 heteroatoms. The number of hydrogen-bond acceptors (Lipinski definition) is 7. The quantitative estimate of drug-likeness (QED) is 0.358. The Bertz CT molecular complexity index is 701. The number of benzene rings is 1. The fraction of sp³-hybridized carbons (Fsp3) is 0.188. The summed E-state index contributed by atoms with van der Waals surface area (Å²) in [6.45, 7) is 3.71. The predicted molar refractivity (Wildman–Crippen MR) is 99.8 cm³/mol. The van der Waals surface area contributed by atoms with Gasteiger partial charge in [-0.15, -0.1) is 11.8 Å². The molecule has 0 bridgehead atoms. The molecular formula is C16H18N4OS2. The van der Waals surface area contributed by atoms with E-state index in [1.165, 1.54) is 23.5 Å². The predicted octanol–water partition coefficient (Wildman–Crippen LogP) is 3.38. The van der Waals surface area contributed by atoms with Gasteiger partial charge in [0.2, 0.25) is 0 Å². The molecule has 0 aliphatic carbocycles. The number of ether oxygens (including phenoxy) is 1. The zero-order chi connectivity index (χ0) is 16.7. The summed E-state index contributed by atoms with van der Waals surface area (Å²) < 4.78 is 5.19. The van der Waals surface area contributed by atoms with Crippen LogP contribution in [0.25, 0.3) is 10.6 Å². The number of methoxy groups -OCH3 is 1. The monoisotopic (exact) mass is 346 g/mol. The van der Waals surface area contributed by atoms with E-state index in [-0.39, 0.29) is 0 Å². The molecule has 0 radical (unpaired) electrons. The molecule has 1 aromatic heterocycles. The third-order valence-electron chi connectivity index (χ3n) is 3.01. The maximum atomic E-state index is 5.75. The van der Waals surface area contributed by atoms with Crippen molar-refractivity contribution in [2.75, 3.05) is 19.2 Å². The molecule has 1 aromatic carbocycles. The Balaban J connectivity index is 2.55. The SMILES string of the molecule is C=N/C(=C(\SCN)c1ccnc(SC)n1)c1ccc(OC)cc1. The van der Waals surface area contributed by atoms with Gasteiger partial charge in [-0.2, -0.15) is 0 Å². The van der Waals surface area contributed by atoms with Gasteiger partial charge in [-0.3, -0.25) is 4.99 Å². The zero-order valence-electron chi connectivity index (χ0n) is 13.0. The average molecular weight is 346 g/mol. The fourth-order valence-corrected chi connectivity index (χ4v) is 3.06. The number of rotatable bonds is 7. The van der Waals surface area contributed by atoms with Crippen LogP contribution in [0.3, 0.4) is 0 Å². The highest BCUT2D eigenvalue weighted by Crippen LogP contribution is 2.35. The van der Waals surface area contributed by atoms with Gasteiger partial charge >= 0.3 is 0 Å². The van der Waals surface area contributed by atoms with E-state index in [9.17, 15) is 0 Å². The van der Waals surface area contributed by atoms with Gasteiger partial charge in [0.05, 0.1) is 23.4 Å². The molecular weight excluding hydrogens is 328 g/mol. The lowest BCUT2D eigenvalue weighted by Gasteiger charge is -2.12. The van der Waals surface area contributed by atoms with Gasteiger partial charge in [-0.1, -0.05) is 11.8 Å². The van der Waals surface area contributed by atoms with Crippen molar-refractivity contribution >= 4 is 40.8 Å². The van der Waals surface area contributed by atoms with Crippen molar-refractivity contribution in [2.24, 2.45) is 10.7 Å². The van der Waals surface area contributed by atoms with Crippen molar-refractivity contribution in [3.8, 4) is 5.75 Å². The van der Waals surface area contributed by atoms with Gasteiger partial charge in [0, 0.05) is 17.6 Å². The van der Waals surface area contributed by atoms with Crippen molar-refractivity contribution < 1.29 is 4.74 Å². The summed E-state index contributed by atoms with van der Waals surface area (Å²) in [5.41, 5.74) is 8.22. The van der Waals surface area contributed by atoms with E-state index >= 15 is 0 Å². The molecule has 0 amide bonds. The summed E-state index contributed by atoms with van der Waals surface area (Å²) in [5, 5.41) is 0.704. The smallest absolute Gasteiger partial charge is 0.187 e. The van der Waals surface area contributed by atoms with Crippen LogP contribution in [0.4, 0.5) is 0 Å². The summed E-state index contributed by atoms with van der Waals surface area (Å²) in [4.78, 5) is 13.8. The maximum absolute atomic E-state index is 5.75. The third kappa shape index (κ3) is 4.34. The Morgan fingerprint density at radius 2 is 2.04 bits per heavy atom. The number of nitrogens with two attached hydrogens (primary N) is 1. The van der Waals surface area contributed by atoms with Crippen LogP contribution < -0.4 is 10.5 Å². The van der Waals surface area contributed by atoms with E-state index in [0.717, 1.165) is 27.6 Å². The molecule has 5 nitrogen and oxygen atoms in total. The minimum absolute atomic E-state index is 0.420. The van der Waals surface area contributed by atoms with Gasteiger partial charge < -0.3 is 10.5 Å². The highest BCUT2D eigenvalue weighted by molar-refractivity contribution is 8.08. The molecule has 0 fully saturated rings. The lowest BCUT2D eigenvalue weighted by Crippen LogP contribution is -1.99. The Labute approximate surface area is 144 Å². The lowest BCUT2D eigenvalue weighted by molar-refractivity contribution is 0.415. The van der Waals surface area contributed by atoms with Crippen LogP contribution >= 0.6 is 23.5 Å². The van der Waals surface area contributed by atoms with Crippen LogP contribution in [0, 0.1) is 0 Å². The van der Waals surface area contributed by atoms with E-state index in [2.05, 4.69) is 21.7 Å². The number of aliphatic imine (C=N–C) groups is 1. The highest BCUT2D eigenvalue weighted by atomic mass is 32.2. The first-order valence-electron chi connectivity index (χ1n) is 6.79. The largest absolute Gasteiger partial charge is 0.497 e. The van der Waals surface area contributed by atoms with E-state index < -0.39 is 0 Å². The zero-order valence-corrected chi connectivity index (χ0v) is 14.7. The van der Waals surface area contributed by atoms with Crippen molar-refractivity contribution in [1.29, 1.82) is 0 Å². The molecule has 2 aromatic rings. The molecule has 2 rings (SSSR count). The minimum atomic E-state index is 0.420. The molecule has 1 heterocycles. The van der Waals surface area contributed by atoms with Crippen LogP contribution in [-0.2, 0) is 0 Å². The molecule has 23 heavy (non-hydrogen) atoms. The number of nitrogens with zero attached hydrogens (tertiary/aromatic N) is 3. The Morgan fingerprint density at radius 3 is 2.61 bits per heavy atom. The third-order valence-corrected chi connectivity index (χ3v) is 4.43. The second kappa shape index (κ2) is 8.71. The van der Waals surface area contributed by atoms with Gasteiger partial charge in [-0.05, 0) is 43.3 Å². The second-order valence-electron chi connectivity index (χ2n) is 4.30. The van der Waals surface area contributed by atoms with Crippen molar-refractivity contribution in [2.45, 2.75) is 5.16 Å². The van der Waals surface area contributed by atoms with Gasteiger partial charge in [0.1, 0.15) is 5.75 Å². The summed E-state index contributed by atoms with van der Waals surface area (Å²) >= 11 is 2.97. The van der Waals surface area contributed by atoms with Crippen molar-refractivity contribution in [3.63, 3.8) is 0 Å².